The molecule has 1 heterocycles. The second-order valence-electron chi connectivity index (χ2n) is 4.40. The van der Waals surface area contributed by atoms with Gasteiger partial charge in [0.1, 0.15) is 11.2 Å². The van der Waals surface area contributed by atoms with E-state index in [2.05, 4.69) is 4.90 Å². The summed E-state index contributed by atoms with van der Waals surface area (Å²) in [6.07, 6.45) is 0. The van der Waals surface area contributed by atoms with Gasteiger partial charge < -0.3 is 9.80 Å². The lowest BCUT2D eigenvalue weighted by molar-refractivity contribution is -0.130. The van der Waals surface area contributed by atoms with Crippen molar-refractivity contribution in [2.24, 2.45) is 0 Å². The summed E-state index contributed by atoms with van der Waals surface area (Å²) in [4.78, 5) is 15.6. The number of amides is 1. The summed E-state index contributed by atoms with van der Waals surface area (Å²) in [5.74, 6) is -0.251. The van der Waals surface area contributed by atoms with E-state index in [1.54, 1.807) is 24.0 Å². The van der Waals surface area contributed by atoms with Crippen molar-refractivity contribution >= 4 is 23.2 Å². The second kappa shape index (κ2) is 5.57. The van der Waals surface area contributed by atoms with Crippen molar-refractivity contribution < 1.29 is 9.18 Å². The summed E-state index contributed by atoms with van der Waals surface area (Å²) in [6.45, 7) is 4.51. The normalized spacial score (nSPS) is 17.7. The minimum Gasteiger partial charge on any atom is -0.368 e. The lowest BCUT2D eigenvalue weighted by Crippen LogP contribution is -2.50. The number of anilines is 1. The molecular formula is C13H16ClFN2O. The molecule has 0 N–H and O–H groups in total. The van der Waals surface area contributed by atoms with Gasteiger partial charge in [0.25, 0.3) is 0 Å². The number of hydrogen-bond donors (Lipinski definition) is 0. The smallest absolute Gasteiger partial charge is 0.240 e. The van der Waals surface area contributed by atoms with Crippen molar-refractivity contribution in [2.75, 3.05) is 31.1 Å². The molecule has 0 bridgehead atoms. The zero-order valence-electron chi connectivity index (χ0n) is 10.3. The number of halogens is 2. The number of carbonyl (C=O) groups is 1. The molecule has 18 heavy (non-hydrogen) atoms. The molecule has 1 atom stereocenters. The number of nitrogens with zero attached hydrogens (tertiary/aromatic N) is 2. The van der Waals surface area contributed by atoms with E-state index < -0.39 is 5.38 Å². The molecule has 0 aromatic heterocycles. The number of alkyl halides is 1. The van der Waals surface area contributed by atoms with Gasteiger partial charge in [-0.25, -0.2) is 4.39 Å². The zero-order valence-corrected chi connectivity index (χ0v) is 11.0. The summed E-state index contributed by atoms with van der Waals surface area (Å²) >= 11 is 5.79. The van der Waals surface area contributed by atoms with Gasteiger partial charge in [-0.2, -0.15) is 0 Å². The van der Waals surface area contributed by atoms with E-state index in [4.69, 9.17) is 11.6 Å². The average Bonchev–Trinajstić information content (AvgIpc) is 2.39. The average molecular weight is 271 g/mol. The Labute approximate surface area is 111 Å². The van der Waals surface area contributed by atoms with Crippen LogP contribution in [0.2, 0.25) is 0 Å². The fourth-order valence-electron chi connectivity index (χ4n) is 2.09. The van der Waals surface area contributed by atoms with Crippen molar-refractivity contribution in [3.63, 3.8) is 0 Å². The van der Waals surface area contributed by atoms with Crippen LogP contribution in [-0.4, -0.2) is 42.4 Å². The molecule has 1 amide bonds. The van der Waals surface area contributed by atoms with Crippen molar-refractivity contribution in [2.45, 2.75) is 12.3 Å². The molecule has 1 unspecified atom stereocenters. The Morgan fingerprint density at radius 2 is 1.78 bits per heavy atom. The molecule has 0 spiro atoms. The number of carbonyl (C=O) groups excluding carboxylic acids is 1. The molecule has 2 rings (SSSR count). The van der Waals surface area contributed by atoms with E-state index in [0.29, 0.717) is 13.1 Å². The summed E-state index contributed by atoms with van der Waals surface area (Å²) in [6, 6.07) is 6.43. The first-order valence-electron chi connectivity index (χ1n) is 6.01. The Balaban J connectivity index is 1.94. The van der Waals surface area contributed by atoms with Crippen LogP contribution < -0.4 is 4.90 Å². The fourth-order valence-corrected chi connectivity index (χ4v) is 2.23. The van der Waals surface area contributed by atoms with E-state index in [-0.39, 0.29) is 11.7 Å². The third kappa shape index (κ3) is 2.93. The lowest BCUT2D eigenvalue weighted by atomic mass is 10.2. The maximum absolute atomic E-state index is 12.8. The minimum absolute atomic E-state index is 0.0181. The molecule has 0 saturated carbocycles. The first-order chi connectivity index (χ1) is 8.58. The largest absolute Gasteiger partial charge is 0.368 e. The predicted octanol–water partition coefficient (Wildman–Crippen LogP) is 2.10. The van der Waals surface area contributed by atoms with Crippen LogP contribution in [0.1, 0.15) is 6.92 Å². The molecule has 5 heteroatoms. The van der Waals surface area contributed by atoms with Crippen LogP contribution in [0.5, 0.6) is 0 Å². The summed E-state index contributed by atoms with van der Waals surface area (Å²) in [5, 5.41) is -0.470. The maximum atomic E-state index is 12.8. The van der Waals surface area contributed by atoms with Crippen LogP contribution in [-0.2, 0) is 4.79 Å². The van der Waals surface area contributed by atoms with Gasteiger partial charge in [0.15, 0.2) is 0 Å². The standard InChI is InChI=1S/C13H16ClFN2O/c1-10(14)13(18)17-8-6-16(7-9-17)12-4-2-11(15)3-5-12/h2-5,10H,6-9H2,1H3. The Hall–Kier alpha value is -1.29. The molecule has 1 aromatic carbocycles. The molecule has 0 aliphatic carbocycles. The number of rotatable bonds is 2. The first-order valence-corrected chi connectivity index (χ1v) is 6.45. The van der Waals surface area contributed by atoms with E-state index in [1.165, 1.54) is 12.1 Å². The van der Waals surface area contributed by atoms with E-state index in [0.717, 1.165) is 18.8 Å². The highest BCUT2D eigenvalue weighted by Gasteiger charge is 2.23. The molecule has 0 radical (unpaired) electrons. The monoisotopic (exact) mass is 270 g/mol. The highest BCUT2D eigenvalue weighted by Crippen LogP contribution is 2.17. The number of benzene rings is 1. The molecular weight excluding hydrogens is 255 g/mol. The fraction of sp³-hybridized carbons (Fsp3) is 0.462. The SMILES string of the molecule is CC(Cl)C(=O)N1CCN(c2ccc(F)cc2)CC1. The van der Waals surface area contributed by atoms with Crippen LogP contribution in [0.3, 0.4) is 0 Å². The van der Waals surface area contributed by atoms with E-state index >= 15 is 0 Å². The van der Waals surface area contributed by atoms with Gasteiger partial charge in [-0.3, -0.25) is 4.79 Å². The maximum Gasteiger partial charge on any atom is 0.240 e. The minimum atomic E-state index is -0.470. The van der Waals surface area contributed by atoms with Crippen LogP contribution >= 0.6 is 11.6 Å². The van der Waals surface area contributed by atoms with Crippen LogP contribution in [0.25, 0.3) is 0 Å². The van der Waals surface area contributed by atoms with Crippen molar-refractivity contribution in [1.82, 2.24) is 4.90 Å². The van der Waals surface area contributed by atoms with Crippen molar-refractivity contribution in [1.29, 1.82) is 0 Å². The van der Waals surface area contributed by atoms with Gasteiger partial charge in [-0.15, -0.1) is 11.6 Å². The topological polar surface area (TPSA) is 23.6 Å². The van der Waals surface area contributed by atoms with Crippen LogP contribution in [0.4, 0.5) is 10.1 Å². The second-order valence-corrected chi connectivity index (χ2v) is 5.06. The summed E-state index contributed by atoms with van der Waals surface area (Å²) in [5.41, 5.74) is 0.988. The number of hydrogen-bond acceptors (Lipinski definition) is 2. The van der Waals surface area contributed by atoms with Gasteiger partial charge in [0.2, 0.25) is 5.91 Å². The molecule has 98 valence electrons. The van der Waals surface area contributed by atoms with E-state index in [9.17, 15) is 9.18 Å². The quantitative estimate of drug-likeness (QED) is 0.769. The van der Waals surface area contributed by atoms with Crippen molar-refractivity contribution in [3.8, 4) is 0 Å². The molecule has 1 fully saturated rings. The third-order valence-corrected chi connectivity index (χ3v) is 3.31. The van der Waals surface area contributed by atoms with Gasteiger partial charge in [-0.05, 0) is 31.2 Å². The zero-order chi connectivity index (χ0) is 13.1. The van der Waals surface area contributed by atoms with Crippen LogP contribution in [0, 0.1) is 5.82 Å². The van der Waals surface area contributed by atoms with Crippen molar-refractivity contribution in [3.05, 3.63) is 30.1 Å². The molecule has 1 aliphatic heterocycles. The Bertz CT molecular complexity index is 414. The molecule has 3 nitrogen and oxygen atoms in total. The first kappa shape index (κ1) is 13.1. The van der Waals surface area contributed by atoms with Gasteiger partial charge in [0.05, 0.1) is 0 Å². The highest BCUT2D eigenvalue weighted by atomic mass is 35.5. The Morgan fingerprint density at radius 3 is 2.28 bits per heavy atom. The Kier molecular flexibility index (Phi) is 4.07. The van der Waals surface area contributed by atoms with E-state index in [1.807, 2.05) is 0 Å². The van der Waals surface area contributed by atoms with Gasteiger partial charge in [0, 0.05) is 31.9 Å². The highest BCUT2D eigenvalue weighted by molar-refractivity contribution is 6.30. The molecule has 1 aliphatic rings. The van der Waals surface area contributed by atoms with Gasteiger partial charge in [-0.1, -0.05) is 0 Å². The summed E-state index contributed by atoms with van der Waals surface area (Å²) < 4.78 is 12.8. The van der Waals surface area contributed by atoms with Gasteiger partial charge >= 0.3 is 0 Å². The predicted molar refractivity (Wildman–Crippen MR) is 70.5 cm³/mol. The lowest BCUT2D eigenvalue weighted by Gasteiger charge is -2.36. The molecule has 1 saturated heterocycles. The third-order valence-electron chi connectivity index (χ3n) is 3.12. The Morgan fingerprint density at radius 1 is 1.22 bits per heavy atom. The number of piperazine rings is 1. The summed E-state index contributed by atoms with van der Waals surface area (Å²) in [7, 11) is 0. The molecule has 1 aromatic rings. The van der Waals surface area contributed by atoms with Crippen LogP contribution in [0.15, 0.2) is 24.3 Å².